The minimum Gasteiger partial charge on any atom is -0.471 e. The van der Waals surface area contributed by atoms with Gasteiger partial charge in [-0.3, -0.25) is 4.90 Å². The van der Waals surface area contributed by atoms with Gasteiger partial charge in [0.2, 0.25) is 5.88 Å². The zero-order chi connectivity index (χ0) is 33.5. The topological polar surface area (TPSA) is 115 Å². The minimum atomic E-state index is -4.89. The average molecular weight is 677 g/mol. The van der Waals surface area contributed by atoms with Gasteiger partial charge in [-0.2, -0.15) is 23.1 Å². The molecule has 10 nitrogen and oxygen atoms in total. The summed E-state index contributed by atoms with van der Waals surface area (Å²) in [5, 5.41) is 3.79. The highest BCUT2D eigenvalue weighted by molar-refractivity contribution is 5.98. The summed E-state index contributed by atoms with van der Waals surface area (Å²) < 4.78 is 101. The van der Waals surface area contributed by atoms with E-state index in [2.05, 4.69) is 25.2 Å². The number of pyridine rings is 2. The van der Waals surface area contributed by atoms with E-state index in [4.69, 9.17) is 20.2 Å². The fraction of sp³-hybridized carbons (Fsp3) is 0.625. The maximum absolute atomic E-state index is 16.8. The molecule has 3 N–H and O–H groups in total. The van der Waals surface area contributed by atoms with Crippen molar-refractivity contribution in [2.45, 2.75) is 81.8 Å². The Morgan fingerprint density at radius 2 is 1.83 bits per heavy atom. The third kappa shape index (κ3) is 4.39. The van der Waals surface area contributed by atoms with Crippen molar-refractivity contribution in [1.29, 1.82) is 0 Å². The summed E-state index contributed by atoms with van der Waals surface area (Å²) in [6, 6.07) is 1.08. The van der Waals surface area contributed by atoms with E-state index < -0.39 is 58.5 Å². The van der Waals surface area contributed by atoms with E-state index in [1.807, 2.05) is 6.92 Å². The molecular formula is C32H34F6N8O2. The molecule has 7 aliphatic rings. The molecule has 3 aromatic rings. The molecule has 256 valence electrons. The molecule has 6 fully saturated rings. The highest BCUT2D eigenvalue weighted by atomic mass is 19.4. The third-order valence-corrected chi connectivity index (χ3v) is 11.3. The monoisotopic (exact) mass is 676 g/mol. The van der Waals surface area contributed by atoms with E-state index in [1.54, 1.807) is 4.90 Å². The molecule has 8 heterocycles. The summed E-state index contributed by atoms with van der Waals surface area (Å²) >= 11 is 0. The van der Waals surface area contributed by atoms with Crippen LogP contribution >= 0.6 is 0 Å². The molecule has 2 saturated carbocycles. The number of nitrogens with two attached hydrogens (primary N) is 1. The Hall–Kier alpha value is -3.66. The van der Waals surface area contributed by atoms with Crippen molar-refractivity contribution in [3.8, 4) is 23.1 Å². The molecule has 2 aliphatic carbocycles. The Balaban J connectivity index is 1.16. The van der Waals surface area contributed by atoms with Crippen molar-refractivity contribution in [2.75, 3.05) is 43.4 Å². The molecule has 0 radical (unpaired) electrons. The lowest BCUT2D eigenvalue weighted by Crippen LogP contribution is -2.63. The Morgan fingerprint density at radius 3 is 2.50 bits per heavy atom. The number of aromatic nitrogens is 4. The molecule has 4 bridgehead atoms. The van der Waals surface area contributed by atoms with E-state index >= 15 is 4.39 Å². The van der Waals surface area contributed by atoms with E-state index in [9.17, 15) is 22.0 Å². The van der Waals surface area contributed by atoms with Gasteiger partial charge in [0.05, 0.1) is 23.4 Å². The lowest BCUT2D eigenvalue weighted by atomic mass is 9.93. The summed E-state index contributed by atoms with van der Waals surface area (Å²) in [6.45, 7) is 4.45. The molecule has 0 aromatic carbocycles. The molecule has 10 rings (SSSR count). The summed E-state index contributed by atoms with van der Waals surface area (Å²) in [7, 11) is 0. The number of ether oxygens (including phenoxy) is 2. The summed E-state index contributed by atoms with van der Waals surface area (Å²) in [4.78, 5) is 21.3. The van der Waals surface area contributed by atoms with E-state index in [0.717, 1.165) is 32.3 Å². The van der Waals surface area contributed by atoms with Gasteiger partial charge in [-0.15, -0.1) is 0 Å². The highest BCUT2D eigenvalue weighted by Gasteiger charge is 2.78. The van der Waals surface area contributed by atoms with Crippen molar-refractivity contribution in [2.24, 2.45) is 11.3 Å². The third-order valence-electron chi connectivity index (χ3n) is 11.3. The van der Waals surface area contributed by atoms with Crippen molar-refractivity contribution in [3.63, 3.8) is 0 Å². The van der Waals surface area contributed by atoms with Gasteiger partial charge in [-0.05, 0) is 39.2 Å². The number of anilines is 2. The van der Waals surface area contributed by atoms with Crippen LogP contribution in [0.4, 0.5) is 38.0 Å². The van der Waals surface area contributed by atoms with E-state index in [-0.39, 0.29) is 78.1 Å². The van der Waals surface area contributed by atoms with Crippen LogP contribution in [0.3, 0.4) is 0 Å². The lowest BCUT2D eigenvalue weighted by Gasteiger charge is -2.45. The number of nitrogen functional groups attached to an aromatic ring is 1. The lowest BCUT2D eigenvalue weighted by molar-refractivity contribution is -0.137. The van der Waals surface area contributed by atoms with Crippen LogP contribution in [-0.2, 0) is 6.18 Å². The van der Waals surface area contributed by atoms with Crippen LogP contribution in [0.25, 0.3) is 22.2 Å². The van der Waals surface area contributed by atoms with Crippen LogP contribution in [0, 0.1) is 24.1 Å². The summed E-state index contributed by atoms with van der Waals surface area (Å²) in [6.07, 6.45) is -5.48. The summed E-state index contributed by atoms with van der Waals surface area (Å²) in [5.41, 5.74) is 1.92. The van der Waals surface area contributed by atoms with E-state index in [0.29, 0.717) is 18.9 Å². The second kappa shape index (κ2) is 9.96. The number of alkyl halides is 5. The SMILES string of the molecule is Cc1nc(N)cc(-c2nc3c4c(nc(OCC5(CN6C[C@H](F)C[C@H](F)C6)CC5)nc4c2F)N2C[C@H]4CC5[C@H](N4)C52[C@H](C)O3)c1C(F)(F)F. The number of nitrogens with zero attached hydrogens (tertiary/aromatic N) is 6. The quantitative estimate of drug-likeness (QED) is 0.365. The van der Waals surface area contributed by atoms with Crippen LogP contribution < -0.4 is 25.4 Å². The first kappa shape index (κ1) is 30.4. The standard InChI is InChI=1S/C32H34F6N8O2/c1-13-22(32(36,37)38)18(7-20(39)40-13)24-23(35)25-21-27(46-10-17-6-19-26(41-17)31(19,46)14(2)48-28(21)42-24)44-29(43-25)47-12-30(3-4-30)11-45-8-15(33)5-16(34)9-45/h7,14-17,19,26,41H,3-6,8-12H2,1-2H3,(H2,39,40)/t14-,15-,16+,17+,19?,26-,31?/m0/s1. The number of nitrogens with one attached hydrogen (secondary N) is 1. The minimum absolute atomic E-state index is 0.0754. The Bertz CT molecular complexity index is 1830. The number of aryl methyl sites for hydroxylation is 1. The Morgan fingerprint density at radius 1 is 1.08 bits per heavy atom. The van der Waals surface area contributed by atoms with Gasteiger partial charge in [-0.1, -0.05) is 0 Å². The average Bonchev–Trinajstić information content (AvgIpc) is 3.88. The molecule has 3 aromatic heterocycles. The fourth-order valence-corrected chi connectivity index (χ4v) is 9.12. The van der Waals surface area contributed by atoms with Gasteiger partial charge in [0.15, 0.2) is 5.82 Å². The van der Waals surface area contributed by atoms with Crippen molar-refractivity contribution in [3.05, 3.63) is 23.1 Å². The molecule has 1 spiro atoms. The largest absolute Gasteiger partial charge is 0.471 e. The van der Waals surface area contributed by atoms with Gasteiger partial charge in [0.1, 0.15) is 46.7 Å². The molecule has 16 heteroatoms. The number of hydrogen-bond donors (Lipinski definition) is 2. The molecule has 7 atom stereocenters. The number of likely N-dealkylation sites (tertiary alicyclic amines) is 1. The van der Waals surface area contributed by atoms with Crippen molar-refractivity contribution >= 4 is 22.5 Å². The number of halogens is 6. The molecule has 4 saturated heterocycles. The first-order chi connectivity index (χ1) is 22.8. The van der Waals surface area contributed by atoms with Gasteiger partial charge in [0.25, 0.3) is 0 Å². The maximum atomic E-state index is 16.8. The van der Waals surface area contributed by atoms with E-state index in [1.165, 1.54) is 0 Å². The number of piperidine rings is 3. The van der Waals surface area contributed by atoms with Crippen LogP contribution in [-0.4, -0.2) is 93.7 Å². The second-order valence-corrected chi connectivity index (χ2v) is 14.5. The zero-order valence-corrected chi connectivity index (χ0v) is 26.3. The van der Waals surface area contributed by atoms with Crippen molar-refractivity contribution in [1.82, 2.24) is 30.2 Å². The zero-order valence-electron chi connectivity index (χ0n) is 26.3. The second-order valence-electron chi connectivity index (χ2n) is 14.5. The first-order valence-electron chi connectivity index (χ1n) is 16.4. The fourth-order valence-electron chi connectivity index (χ4n) is 9.12. The van der Waals surface area contributed by atoms with Gasteiger partial charge in [0, 0.05) is 61.6 Å². The number of rotatable bonds is 6. The number of piperazine rings is 1. The Labute approximate surface area is 271 Å². The predicted molar refractivity (Wildman–Crippen MR) is 162 cm³/mol. The van der Waals surface area contributed by atoms with Gasteiger partial charge in [-0.25, -0.2) is 23.1 Å². The molecule has 5 aliphatic heterocycles. The van der Waals surface area contributed by atoms with Crippen LogP contribution in [0.5, 0.6) is 11.9 Å². The molecule has 0 amide bonds. The van der Waals surface area contributed by atoms with Gasteiger partial charge >= 0.3 is 12.2 Å². The molecule has 2 unspecified atom stereocenters. The normalized spacial score (nSPS) is 32.9. The highest BCUT2D eigenvalue weighted by Crippen LogP contribution is 2.64. The van der Waals surface area contributed by atoms with Crippen LogP contribution in [0.15, 0.2) is 6.07 Å². The smallest absolute Gasteiger partial charge is 0.418 e. The van der Waals surface area contributed by atoms with Crippen molar-refractivity contribution < 1.29 is 35.8 Å². The van der Waals surface area contributed by atoms with Gasteiger partial charge < -0.3 is 25.4 Å². The first-order valence-corrected chi connectivity index (χ1v) is 16.4. The molecular weight excluding hydrogens is 642 g/mol. The van der Waals surface area contributed by atoms with Crippen LogP contribution in [0.1, 0.15) is 43.9 Å². The predicted octanol–water partition coefficient (Wildman–Crippen LogP) is 4.38. The number of hydrogen-bond acceptors (Lipinski definition) is 10. The summed E-state index contributed by atoms with van der Waals surface area (Å²) in [5.74, 6) is -0.817. The van der Waals surface area contributed by atoms with Crippen LogP contribution in [0.2, 0.25) is 0 Å². The Kier molecular flexibility index (Phi) is 6.31. The molecule has 48 heavy (non-hydrogen) atoms. The maximum Gasteiger partial charge on any atom is 0.418 e.